The number of hydrogen-bond acceptors (Lipinski definition) is 3. The van der Waals surface area contributed by atoms with E-state index in [1.165, 1.54) is 31.2 Å². The van der Waals surface area contributed by atoms with Gasteiger partial charge in [-0.3, -0.25) is 0 Å². The second-order valence-electron chi connectivity index (χ2n) is 5.29. The molecule has 1 N–H and O–H groups in total. The van der Waals surface area contributed by atoms with Gasteiger partial charge in [0.2, 0.25) is 0 Å². The SMILES string of the molecule is CC(C)c1cnc(CC2CCCCCN2)nc1. The number of nitrogens with one attached hydrogen (secondary N) is 1. The minimum atomic E-state index is 0.514. The largest absolute Gasteiger partial charge is 0.314 e. The van der Waals surface area contributed by atoms with E-state index >= 15 is 0 Å². The van der Waals surface area contributed by atoms with Gasteiger partial charge in [-0.05, 0) is 30.9 Å². The molecule has 3 nitrogen and oxygen atoms in total. The van der Waals surface area contributed by atoms with E-state index in [1.54, 1.807) is 0 Å². The summed E-state index contributed by atoms with van der Waals surface area (Å²) < 4.78 is 0. The highest BCUT2D eigenvalue weighted by Gasteiger charge is 2.13. The lowest BCUT2D eigenvalue weighted by atomic mass is 10.1. The Morgan fingerprint density at radius 1 is 1.24 bits per heavy atom. The molecule has 0 aliphatic carbocycles. The van der Waals surface area contributed by atoms with Crippen molar-refractivity contribution in [2.24, 2.45) is 0 Å². The maximum absolute atomic E-state index is 4.47. The molecule has 1 fully saturated rings. The lowest BCUT2D eigenvalue weighted by molar-refractivity contribution is 0.497. The van der Waals surface area contributed by atoms with E-state index in [0.717, 1.165) is 18.8 Å². The number of nitrogens with zero attached hydrogens (tertiary/aromatic N) is 2. The Morgan fingerprint density at radius 2 is 2.00 bits per heavy atom. The van der Waals surface area contributed by atoms with Gasteiger partial charge in [0.15, 0.2) is 0 Å². The minimum absolute atomic E-state index is 0.514. The van der Waals surface area contributed by atoms with Crippen LogP contribution in [0.15, 0.2) is 12.4 Å². The molecule has 0 bridgehead atoms. The molecule has 1 unspecified atom stereocenters. The van der Waals surface area contributed by atoms with Crippen molar-refractivity contribution in [3.05, 3.63) is 23.8 Å². The van der Waals surface area contributed by atoms with E-state index in [1.807, 2.05) is 12.4 Å². The Hall–Kier alpha value is -0.960. The zero-order chi connectivity index (χ0) is 12.1. The molecule has 0 saturated carbocycles. The topological polar surface area (TPSA) is 37.8 Å². The van der Waals surface area contributed by atoms with E-state index in [9.17, 15) is 0 Å². The summed E-state index contributed by atoms with van der Waals surface area (Å²) in [7, 11) is 0. The van der Waals surface area contributed by atoms with Crippen LogP contribution >= 0.6 is 0 Å². The Bertz CT molecular complexity index is 324. The van der Waals surface area contributed by atoms with Crippen molar-refractivity contribution < 1.29 is 0 Å². The van der Waals surface area contributed by atoms with Crippen LogP contribution in [-0.2, 0) is 6.42 Å². The summed E-state index contributed by atoms with van der Waals surface area (Å²) >= 11 is 0. The molecule has 2 rings (SSSR count). The van der Waals surface area contributed by atoms with Crippen LogP contribution in [0.3, 0.4) is 0 Å². The first kappa shape index (κ1) is 12.5. The van der Waals surface area contributed by atoms with Crippen LogP contribution in [-0.4, -0.2) is 22.6 Å². The molecule has 0 amide bonds. The fraction of sp³-hybridized carbons (Fsp3) is 0.714. The molecular formula is C14H23N3. The van der Waals surface area contributed by atoms with Crippen molar-refractivity contribution >= 4 is 0 Å². The van der Waals surface area contributed by atoms with Crippen LogP contribution in [0.2, 0.25) is 0 Å². The van der Waals surface area contributed by atoms with Crippen LogP contribution in [0.25, 0.3) is 0 Å². The van der Waals surface area contributed by atoms with Gasteiger partial charge in [0, 0.05) is 24.9 Å². The average Bonchev–Trinajstić information content (AvgIpc) is 2.58. The molecule has 3 heteroatoms. The van der Waals surface area contributed by atoms with Crippen molar-refractivity contribution in [1.29, 1.82) is 0 Å². The molecular weight excluding hydrogens is 210 g/mol. The zero-order valence-corrected chi connectivity index (χ0v) is 10.9. The highest BCUT2D eigenvalue weighted by atomic mass is 14.9. The van der Waals surface area contributed by atoms with Crippen molar-refractivity contribution in [2.75, 3.05) is 6.54 Å². The van der Waals surface area contributed by atoms with E-state index in [-0.39, 0.29) is 0 Å². The molecule has 0 radical (unpaired) electrons. The number of hydrogen-bond donors (Lipinski definition) is 1. The second kappa shape index (κ2) is 6.10. The lowest BCUT2D eigenvalue weighted by Gasteiger charge is -2.14. The first-order valence-electron chi connectivity index (χ1n) is 6.80. The predicted molar refractivity (Wildman–Crippen MR) is 70.1 cm³/mol. The quantitative estimate of drug-likeness (QED) is 0.872. The second-order valence-corrected chi connectivity index (χ2v) is 5.29. The third kappa shape index (κ3) is 3.77. The maximum atomic E-state index is 4.47. The van der Waals surface area contributed by atoms with Crippen LogP contribution in [0.4, 0.5) is 0 Å². The van der Waals surface area contributed by atoms with Gasteiger partial charge in [-0.1, -0.05) is 26.7 Å². The summed E-state index contributed by atoms with van der Waals surface area (Å²) in [4.78, 5) is 8.95. The Kier molecular flexibility index (Phi) is 4.49. The lowest BCUT2D eigenvalue weighted by Crippen LogP contribution is -2.30. The van der Waals surface area contributed by atoms with Gasteiger partial charge in [-0.15, -0.1) is 0 Å². The summed E-state index contributed by atoms with van der Waals surface area (Å²) in [6.07, 6.45) is 10.2. The van der Waals surface area contributed by atoms with Crippen LogP contribution in [0, 0.1) is 0 Å². The normalized spacial score (nSPS) is 21.5. The van der Waals surface area contributed by atoms with Gasteiger partial charge in [-0.25, -0.2) is 9.97 Å². The Balaban J connectivity index is 1.93. The minimum Gasteiger partial charge on any atom is -0.314 e. The summed E-state index contributed by atoms with van der Waals surface area (Å²) in [5.74, 6) is 1.49. The fourth-order valence-electron chi connectivity index (χ4n) is 2.26. The van der Waals surface area contributed by atoms with Gasteiger partial charge in [0.05, 0.1) is 0 Å². The standard InChI is InChI=1S/C14H23N3/c1-11(2)12-9-16-14(17-10-12)8-13-6-4-3-5-7-15-13/h9-11,13,15H,3-8H2,1-2H3. The molecule has 0 spiro atoms. The first-order valence-corrected chi connectivity index (χ1v) is 6.80. The molecule has 1 atom stereocenters. The van der Waals surface area contributed by atoms with Gasteiger partial charge >= 0.3 is 0 Å². The van der Waals surface area contributed by atoms with E-state index < -0.39 is 0 Å². The molecule has 1 aliphatic heterocycles. The summed E-state index contributed by atoms with van der Waals surface area (Å²) in [5, 5.41) is 3.59. The molecule has 0 aromatic carbocycles. The van der Waals surface area contributed by atoms with Gasteiger partial charge in [-0.2, -0.15) is 0 Å². The molecule has 1 aromatic rings. The third-order valence-corrected chi connectivity index (χ3v) is 3.48. The highest BCUT2D eigenvalue weighted by molar-refractivity contribution is 5.10. The van der Waals surface area contributed by atoms with Gasteiger partial charge in [0.25, 0.3) is 0 Å². The van der Waals surface area contributed by atoms with Gasteiger partial charge < -0.3 is 5.32 Å². The first-order chi connectivity index (χ1) is 8.25. The monoisotopic (exact) mass is 233 g/mol. The molecule has 17 heavy (non-hydrogen) atoms. The average molecular weight is 233 g/mol. The summed E-state index contributed by atoms with van der Waals surface area (Å²) in [6, 6.07) is 0.572. The van der Waals surface area contributed by atoms with Crippen molar-refractivity contribution in [2.45, 2.75) is 57.9 Å². The Morgan fingerprint density at radius 3 is 2.71 bits per heavy atom. The summed E-state index contributed by atoms with van der Waals surface area (Å²) in [5.41, 5.74) is 1.22. The molecule has 1 saturated heterocycles. The van der Waals surface area contributed by atoms with Crippen LogP contribution in [0.1, 0.15) is 56.8 Å². The third-order valence-electron chi connectivity index (χ3n) is 3.48. The van der Waals surface area contributed by atoms with Crippen molar-refractivity contribution in [3.8, 4) is 0 Å². The molecule has 2 heterocycles. The van der Waals surface area contributed by atoms with E-state index in [2.05, 4.69) is 29.1 Å². The smallest absolute Gasteiger partial charge is 0.129 e. The molecule has 1 aromatic heterocycles. The predicted octanol–water partition coefficient (Wildman–Crippen LogP) is 2.67. The van der Waals surface area contributed by atoms with Gasteiger partial charge in [0.1, 0.15) is 5.82 Å². The molecule has 94 valence electrons. The summed E-state index contributed by atoms with van der Waals surface area (Å²) in [6.45, 7) is 5.49. The fourth-order valence-corrected chi connectivity index (χ4v) is 2.26. The van der Waals surface area contributed by atoms with Crippen molar-refractivity contribution in [3.63, 3.8) is 0 Å². The van der Waals surface area contributed by atoms with Crippen LogP contribution < -0.4 is 5.32 Å². The number of aromatic nitrogens is 2. The van der Waals surface area contributed by atoms with Crippen LogP contribution in [0.5, 0.6) is 0 Å². The maximum Gasteiger partial charge on any atom is 0.129 e. The Labute approximate surface area is 104 Å². The number of rotatable bonds is 3. The zero-order valence-electron chi connectivity index (χ0n) is 10.9. The van der Waals surface area contributed by atoms with E-state index in [0.29, 0.717) is 12.0 Å². The van der Waals surface area contributed by atoms with Crippen molar-refractivity contribution in [1.82, 2.24) is 15.3 Å². The molecule has 1 aliphatic rings. The highest BCUT2D eigenvalue weighted by Crippen LogP contribution is 2.13. The van der Waals surface area contributed by atoms with E-state index in [4.69, 9.17) is 0 Å².